The molecule has 4 rings (SSSR count). The third kappa shape index (κ3) is 5.19. The van der Waals surface area contributed by atoms with Gasteiger partial charge in [-0.3, -0.25) is 4.79 Å². The van der Waals surface area contributed by atoms with E-state index in [1.165, 1.54) is 23.9 Å². The predicted molar refractivity (Wildman–Crippen MR) is 123 cm³/mol. The van der Waals surface area contributed by atoms with Crippen LogP contribution >= 0.6 is 11.8 Å². The monoisotopic (exact) mass is 432 g/mol. The maximum Gasteiger partial charge on any atom is 0.250 e. The van der Waals surface area contributed by atoms with Crippen molar-refractivity contribution in [3.05, 3.63) is 95.8 Å². The van der Waals surface area contributed by atoms with Crippen molar-refractivity contribution in [3.8, 4) is 0 Å². The molecule has 1 amide bonds. The maximum absolute atomic E-state index is 13.1. The highest BCUT2D eigenvalue weighted by atomic mass is 32.2. The number of fused-ring (bicyclic) bond motifs is 1. The third-order valence-electron chi connectivity index (χ3n) is 4.75. The van der Waals surface area contributed by atoms with Crippen LogP contribution in [0.2, 0.25) is 0 Å². The quantitative estimate of drug-likeness (QED) is 0.258. The van der Waals surface area contributed by atoms with E-state index in [0.717, 1.165) is 27.3 Å². The number of thioether (sulfide) groups is 1. The first-order valence-corrected chi connectivity index (χ1v) is 10.8. The van der Waals surface area contributed by atoms with Crippen LogP contribution in [0, 0.1) is 5.82 Å². The number of amides is 1. The summed E-state index contributed by atoms with van der Waals surface area (Å²) in [5.74, 6) is -0.363. The van der Waals surface area contributed by atoms with Crippen molar-refractivity contribution in [1.29, 1.82) is 0 Å². The topological polar surface area (TPSA) is 59.3 Å². The number of nitrogens with zero attached hydrogens (tertiary/aromatic N) is 3. The lowest BCUT2D eigenvalue weighted by Gasteiger charge is -2.09. The second-order valence-corrected chi connectivity index (χ2v) is 7.93. The number of halogens is 1. The fourth-order valence-electron chi connectivity index (χ4n) is 3.15. The Kier molecular flexibility index (Phi) is 6.43. The van der Waals surface area contributed by atoms with E-state index in [9.17, 15) is 9.18 Å². The summed E-state index contributed by atoms with van der Waals surface area (Å²) in [6, 6.07) is 24.1. The van der Waals surface area contributed by atoms with Crippen LogP contribution in [0.3, 0.4) is 0 Å². The molecule has 0 bridgehead atoms. The van der Waals surface area contributed by atoms with Gasteiger partial charge in [-0.1, -0.05) is 66.4 Å². The van der Waals surface area contributed by atoms with Gasteiger partial charge in [-0.25, -0.2) is 14.8 Å². The van der Waals surface area contributed by atoms with Gasteiger partial charge in [0, 0.05) is 0 Å². The standard InChI is InChI=1S/C24H21FN4OS/c1-17(19-11-13-20(25)14-12-19)27-28-23(30)16-31-24-26-21-9-5-6-10-22(21)29(24)15-18-7-3-2-4-8-18/h2-14H,15-16H2,1H3,(H,28,30)/b27-17-. The number of para-hydroxylation sites is 2. The Labute approximate surface area is 184 Å². The van der Waals surface area contributed by atoms with Crippen LogP contribution < -0.4 is 5.43 Å². The van der Waals surface area contributed by atoms with E-state index in [2.05, 4.69) is 27.2 Å². The van der Waals surface area contributed by atoms with E-state index < -0.39 is 0 Å². The summed E-state index contributed by atoms with van der Waals surface area (Å²) < 4.78 is 15.2. The van der Waals surface area contributed by atoms with Crippen LogP contribution in [0.4, 0.5) is 4.39 Å². The van der Waals surface area contributed by atoms with Crippen molar-refractivity contribution in [3.63, 3.8) is 0 Å². The molecular weight excluding hydrogens is 411 g/mol. The summed E-state index contributed by atoms with van der Waals surface area (Å²) in [6.07, 6.45) is 0. The first-order valence-electron chi connectivity index (χ1n) is 9.81. The molecule has 0 saturated heterocycles. The minimum Gasteiger partial charge on any atom is -0.314 e. The molecule has 1 heterocycles. The zero-order valence-corrected chi connectivity index (χ0v) is 17.8. The van der Waals surface area contributed by atoms with Crippen LogP contribution in [-0.4, -0.2) is 26.9 Å². The van der Waals surface area contributed by atoms with Crippen LogP contribution in [-0.2, 0) is 11.3 Å². The molecule has 31 heavy (non-hydrogen) atoms. The van der Waals surface area contributed by atoms with Gasteiger partial charge in [0.05, 0.1) is 29.0 Å². The lowest BCUT2D eigenvalue weighted by Crippen LogP contribution is -2.21. The molecule has 156 valence electrons. The number of hydrogen-bond donors (Lipinski definition) is 1. The molecular formula is C24H21FN4OS. The fraction of sp³-hybridized carbons (Fsp3) is 0.125. The molecule has 3 aromatic carbocycles. The Hall–Kier alpha value is -3.45. The molecule has 7 heteroatoms. The molecule has 0 aliphatic heterocycles. The highest BCUT2D eigenvalue weighted by molar-refractivity contribution is 7.99. The van der Waals surface area contributed by atoms with Gasteiger partial charge in [-0.15, -0.1) is 0 Å². The van der Waals surface area contributed by atoms with Gasteiger partial charge in [-0.05, 0) is 42.3 Å². The molecule has 1 N–H and O–H groups in total. The molecule has 0 saturated carbocycles. The number of imidazole rings is 1. The fourth-order valence-corrected chi connectivity index (χ4v) is 3.95. The van der Waals surface area contributed by atoms with Crippen LogP contribution in [0.1, 0.15) is 18.1 Å². The van der Waals surface area contributed by atoms with Gasteiger partial charge in [0.1, 0.15) is 5.82 Å². The van der Waals surface area contributed by atoms with E-state index in [1.807, 2.05) is 42.5 Å². The summed E-state index contributed by atoms with van der Waals surface area (Å²) in [5.41, 5.74) is 7.01. The van der Waals surface area contributed by atoms with Gasteiger partial charge in [0.2, 0.25) is 0 Å². The highest BCUT2D eigenvalue weighted by Crippen LogP contribution is 2.25. The summed E-state index contributed by atoms with van der Waals surface area (Å²) in [7, 11) is 0. The van der Waals surface area contributed by atoms with Crippen LogP contribution in [0.25, 0.3) is 11.0 Å². The maximum atomic E-state index is 13.1. The first-order chi connectivity index (χ1) is 15.1. The molecule has 0 fully saturated rings. The Morgan fingerprint density at radius 2 is 1.74 bits per heavy atom. The number of carbonyl (C=O) groups excluding carboxylic acids is 1. The van der Waals surface area contributed by atoms with E-state index >= 15 is 0 Å². The zero-order chi connectivity index (χ0) is 21.6. The predicted octanol–water partition coefficient (Wildman–Crippen LogP) is 4.86. The normalized spacial score (nSPS) is 11.6. The van der Waals surface area contributed by atoms with Crippen LogP contribution in [0.5, 0.6) is 0 Å². The van der Waals surface area contributed by atoms with Gasteiger partial charge in [0.15, 0.2) is 5.16 Å². The number of rotatable bonds is 7. The van der Waals surface area contributed by atoms with Crippen molar-refractivity contribution in [2.75, 3.05) is 5.75 Å². The zero-order valence-electron chi connectivity index (χ0n) is 17.0. The number of carbonyl (C=O) groups is 1. The largest absolute Gasteiger partial charge is 0.314 e. The van der Waals surface area contributed by atoms with E-state index in [0.29, 0.717) is 12.3 Å². The second kappa shape index (κ2) is 9.57. The van der Waals surface area contributed by atoms with E-state index in [4.69, 9.17) is 4.98 Å². The summed E-state index contributed by atoms with van der Waals surface area (Å²) in [6.45, 7) is 2.44. The van der Waals surface area contributed by atoms with Gasteiger partial charge < -0.3 is 4.57 Å². The molecule has 4 aromatic rings. The Morgan fingerprint density at radius 1 is 1.03 bits per heavy atom. The molecule has 0 radical (unpaired) electrons. The van der Waals surface area contributed by atoms with E-state index in [-0.39, 0.29) is 17.5 Å². The highest BCUT2D eigenvalue weighted by Gasteiger charge is 2.13. The van der Waals surface area contributed by atoms with Crippen molar-refractivity contribution in [1.82, 2.24) is 15.0 Å². The molecule has 0 spiro atoms. The Balaban J connectivity index is 1.46. The lowest BCUT2D eigenvalue weighted by molar-refractivity contribution is -0.118. The first kappa shape index (κ1) is 20.8. The average Bonchev–Trinajstić information content (AvgIpc) is 3.14. The van der Waals surface area contributed by atoms with E-state index in [1.54, 1.807) is 19.1 Å². The van der Waals surface area contributed by atoms with Gasteiger partial charge >= 0.3 is 0 Å². The van der Waals surface area contributed by atoms with Crippen molar-refractivity contribution in [2.24, 2.45) is 5.10 Å². The minimum atomic E-state index is -0.310. The minimum absolute atomic E-state index is 0.179. The molecule has 0 unspecified atom stereocenters. The summed E-state index contributed by atoms with van der Waals surface area (Å²) in [4.78, 5) is 17.1. The summed E-state index contributed by atoms with van der Waals surface area (Å²) >= 11 is 1.37. The van der Waals surface area contributed by atoms with Gasteiger partial charge in [-0.2, -0.15) is 5.10 Å². The molecule has 5 nitrogen and oxygen atoms in total. The SMILES string of the molecule is C/C(=N/NC(=O)CSc1nc2ccccc2n1Cc1ccccc1)c1ccc(F)cc1. The average molecular weight is 433 g/mol. The smallest absolute Gasteiger partial charge is 0.250 e. The molecule has 0 aliphatic rings. The number of aromatic nitrogens is 2. The molecule has 0 aliphatic carbocycles. The number of benzene rings is 3. The number of hydrogen-bond acceptors (Lipinski definition) is 4. The number of hydrazone groups is 1. The number of nitrogens with one attached hydrogen (secondary N) is 1. The molecule has 0 atom stereocenters. The Morgan fingerprint density at radius 3 is 2.52 bits per heavy atom. The lowest BCUT2D eigenvalue weighted by atomic mass is 10.1. The summed E-state index contributed by atoms with van der Waals surface area (Å²) in [5, 5.41) is 4.90. The van der Waals surface area contributed by atoms with Crippen molar-refractivity contribution in [2.45, 2.75) is 18.6 Å². The van der Waals surface area contributed by atoms with Crippen molar-refractivity contribution < 1.29 is 9.18 Å². The van der Waals surface area contributed by atoms with Crippen LogP contribution in [0.15, 0.2) is 89.1 Å². The third-order valence-corrected chi connectivity index (χ3v) is 5.72. The second-order valence-electron chi connectivity index (χ2n) is 6.98. The van der Waals surface area contributed by atoms with Crippen molar-refractivity contribution >= 4 is 34.4 Å². The van der Waals surface area contributed by atoms with Gasteiger partial charge in [0.25, 0.3) is 5.91 Å². The Bertz CT molecular complexity index is 1220. The molecule has 1 aromatic heterocycles.